The molecule has 0 spiro atoms. The van der Waals surface area contributed by atoms with Gasteiger partial charge in [0.2, 0.25) is 5.91 Å². The lowest BCUT2D eigenvalue weighted by molar-refractivity contribution is -0.132. The average molecular weight is 387 g/mol. The van der Waals surface area contributed by atoms with Crippen LogP contribution in [0.5, 0.6) is 0 Å². The number of hydrogen-bond acceptors (Lipinski definition) is 3. The van der Waals surface area contributed by atoms with E-state index < -0.39 is 0 Å². The third-order valence-corrected chi connectivity index (χ3v) is 4.90. The molecule has 0 aliphatic carbocycles. The molecule has 28 heavy (non-hydrogen) atoms. The van der Waals surface area contributed by atoms with E-state index in [1.165, 1.54) is 35.2 Å². The smallest absolute Gasteiger partial charge is 0.253 e. The zero-order chi connectivity index (χ0) is 20.1. The molecule has 1 fully saturated rings. The quantitative estimate of drug-likeness (QED) is 0.791. The van der Waals surface area contributed by atoms with Crippen molar-refractivity contribution >= 4 is 11.8 Å². The Labute approximate surface area is 163 Å². The second-order valence-corrected chi connectivity index (χ2v) is 6.92. The van der Waals surface area contributed by atoms with Gasteiger partial charge in [0.05, 0.1) is 6.54 Å². The van der Waals surface area contributed by atoms with E-state index in [0.29, 0.717) is 37.3 Å². The summed E-state index contributed by atoms with van der Waals surface area (Å²) in [4.78, 5) is 30.1. The largest absolute Gasteiger partial charge is 0.340 e. The number of halogens is 2. The molecule has 1 aliphatic rings. The average Bonchev–Trinajstić information content (AvgIpc) is 2.70. The van der Waals surface area contributed by atoms with Crippen molar-refractivity contribution in [3.8, 4) is 0 Å². The summed E-state index contributed by atoms with van der Waals surface area (Å²) in [6, 6.07) is 11.9. The number of amides is 2. The van der Waals surface area contributed by atoms with Crippen molar-refractivity contribution in [2.24, 2.45) is 0 Å². The second kappa shape index (κ2) is 8.93. The normalized spacial score (nSPS) is 14.8. The first-order chi connectivity index (χ1) is 13.4. The molecule has 1 heterocycles. The maximum Gasteiger partial charge on any atom is 0.253 e. The minimum Gasteiger partial charge on any atom is -0.340 e. The molecule has 7 heteroatoms. The summed E-state index contributed by atoms with van der Waals surface area (Å²) < 4.78 is 26.7. The zero-order valence-corrected chi connectivity index (χ0v) is 15.8. The lowest BCUT2D eigenvalue weighted by Gasteiger charge is -2.35. The van der Waals surface area contributed by atoms with Crippen molar-refractivity contribution in [2.45, 2.75) is 6.54 Å². The summed E-state index contributed by atoms with van der Waals surface area (Å²) in [7, 11) is 1.66. The number of nitrogens with zero attached hydrogens (tertiary/aromatic N) is 3. The van der Waals surface area contributed by atoms with Gasteiger partial charge < -0.3 is 9.80 Å². The van der Waals surface area contributed by atoms with Crippen LogP contribution in [0.4, 0.5) is 8.78 Å². The van der Waals surface area contributed by atoms with Crippen LogP contribution in [0, 0.1) is 11.6 Å². The Morgan fingerprint density at radius 3 is 2.25 bits per heavy atom. The topological polar surface area (TPSA) is 43.9 Å². The molecule has 0 bridgehead atoms. The molecule has 3 rings (SSSR count). The fourth-order valence-electron chi connectivity index (χ4n) is 3.17. The van der Waals surface area contributed by atoms with Crippen molar-refractivity contribution in [3.05, 3.63) is 71.3 Å². The zero-order valence-electron chi connectivity index (χ0n) is 15.8. The molecule has 0 N–H and O–H groups in total. The highest BCUT2D eigenvalue weighted by Crippen LogP contribution is 2.12. The molecule has 5 nitrogen and oxygen atoms in total. The Bertz CT molecular complexity index is 834. The van der Waals surface area contributed by atoms with E-state index in [2.05, 4.69) is 0 Å². The third-order valence-electron chi connectivity index (χ3n) is 4.90. The van der Waals surface area contributed by atoms with Crippen LogP contribution in [0.1, 0.15) is 15.9 Å². The van der Waals surface area contributed by atoms with Gasteiger partial charge in [-0.15, -0.1) is 0 Å². The molecular weight excluding hydrogens is 364 g/mol. The number of carbonyl (C=O) groups excluding carboxylic acids is 2. The summed E-state index contributed by atoms with van der Waals surface area (Å²) in [6.45, 7) is 2.59. The Morgan fingerprint density at radius 2 is 1.61 bits per heavy atom. The van der Waals surface area contributed by atoms with Crippen molar-refractivity contribution in [3.63, 3.8) is 0 Å². The minimum atomic E-state index is -0.376. The van der Waals surface area contributed by atoms with Gasteiger partial charge in [0.15, 0.2) is 0 Å². The van der Waals surface area contributed by atoms with E-state index in [9.17, 15) is 18.4 Å². The Balaban J connectivity index is 1.48. The van der Waals surface area contributed by atoms with Gasteiger partial charge in [0.1, 0.15) is 11.6 Å². The Hall–Kier alpha value is -2.80. The molecule has 0 radical (unpaired) electrons. The lowest BCUT2D eigenvalue weighted by atomic mass is 10.1. The highest BCUT2D eigenvalue weighted by Gasteiger charge is 2.24. The van der Waals surface area contributed by atoms with Crippen LogP contribution in [0.15, 0.2) is 48.5 Å². The van der Waals surface area contributed by atoms with Gasteiger partial charge in [0.25, 0.3) is 5.91 Å². The van der Waals surface area contributed by atoms with Crippen molar-refractivity contribution in [2.75, 3.05) is 39.8 Å². The molecule has 2 aromatic rings. The summed E-state index contributed by atoms with van der Waals surface area (Å²) in [6.07, 6.45) is 0. The van der Waals surface area contributed by atoms with E-state index in [1.54, 1.807) is 30.1 Å². The number of likely N-dealkylation sites (N-methyl/N-ethyl adjacent to an activating group) is 1. The number of benzene rings is 2. The maximum absolute atomic E-state index is 13.7. The Morgan fingerprint density at radius 1 is 0.964 bits per heavy atom. The number of carbonyl (C=O) groups is 2. The van der Waals surface area contributed by atoms with Crippen LogP contribution in [-0.2, 0) is 11.3 Å². The van der Waals surface area contributed by atoms with Gasteiger partial charge >= 0.3 is 0 Å². The van der Waals surface area contributed by atoms with Crippen LogP contribution in [0.2, 0.25) is 0 Å². The van der Waals surface area contributed by atoms with Gasteiger partial charge in [-0.1, -0.05) is 18.2 Å². The SMILES string of the molecule is CN(Cc1ccccc1F)C(=O)CN1CCN(C(=O)c2ccc(F)cc2)CC1. The summed E-state index contributed by atoms with van der Waals surface area (Å²) in [5.74, 6) is -0.932. The van der Waals surface area contributed by atoms with E-state index in [-0.39, 0.29) is 36.5 Å². The molecule has 1 saturated heterocycles. The Kier molecular flexibility index (Phi) is 6.36. The monoisotopic (exact) mass is 387 g/mol. The molecule has 0 atom stereocenters. The summed E-state index contributed by atoms with van der Waals surface area (Å²) in [5.41, 5.74) is 0.934. The van der Waals surface area contributed by atoms with Gasteiger partial charge in [0, 0.05) is 50.9 Å². The highest BCUT2D eigenvalue weighted by atomic mass is 19.1. The highest BCUT2D eigenvalue weighted by molar-refractivity contribution is 5.94. The molecule has 2 aromatic carbocycles. The third kappa shape index (κ3) is 4.92. The molecular formula is C21H23F2N3O2. The first-order valence-electron chi connectivity index (χ1n) is 9.18. The number of hydrogen-bond donors (Lipinski definition) is 0. The van der Waals surface area contributed by atoms with Crippen LogP contribution < -0.4 is 0 Å². The summed E-state index contributed by atoms with van der Waals surface area (Å²) in [5, 5.41) is 0. The van der Waals surface area contributed by atoms with E-state index in [4.69, 9.17) is 0 Å². The van der Waals surface area contributed by atoms with Gasteiger partial charge in [-0.05, 0) is 30.3 Å². The predicted octanol–water partition coefficient (Wildman–Crippen LogP) is 2.38. The number of rotatable bonds is 5. The van der Waals surface area contributed by atoms with Crippen molar-refractivity contribution in [1.82, 2.24) is 14.7 Å². The predicted molar refractivity (Wildman–Crippen MR) is 102 cm³/mol. The van der Waals surface area contributed by atoms with Crippen molar-refractivity contribution in [1.29, 1.82) is 0 Å². The molecule has 148 valence electrons. The lowest BCUT2D eigenvalue weighted by Crippen LogP contribution is -2.51. The fourth-order valence-corrected chi connectivity index (χ4v) is 3.17. The molecule has 0 aromatic heterocycles. The molecule has 1 aliphatic heterocycles. The van der Waals surface area contributed by atoms with E-state index >= 15 is 0 Å². The van der Waals surface area contributed by atoms with Crippen LogP contribution in [0.25, 0.3) is 0 Å². The first kappa shape index (κ1) is 19.9. The van der Waals surface area contributed by atoms with Crippen LogP contribution in [-0.4, -0.2) is 66.3 Å². The maximum atomic E-state index is 13.7. The molecule has 0 unspecified atom stereocenters. The first-order valence-corrected chi connectivity index (χ1v) is 9.18. The minimum absolute atomic E-state index is 0.0958. The standard InChI is InChI=1S/C21H23F2N3O2/c1-24(14-17-4-2-3-5-19(17)23)20(27)15-25-10-12-26(13-11-25)21(28)16-6-8-18(22)9-7-16/h2-9H,10-15H2,1H3. The number of piperazine rings is 1. The van der Waals surface area contributed by atoms with Crippen LogP contribution in [0.3, 0.4) is 0 Å². The fraction of sp³-hybridized carbons (Fsp3) is 0.333. The van der Waals surface area contributed by atoms with Gasteiger partial charge in [-0.25, -0.2) is 8.78 Å². The summed E-state index contributed by atoms with van der Waals surface area (Å²) >= 11 is 0. The van der Waals surface area contributed by atoms with Gasteiger partial charge in [-0.2, -0.15) is 0 Å². The van der Waals surface area contributed by atoms with Crippen LogP contribution >= 0.6 is 0 Å². The molecule has 0 saturated carbocycles. The molecule has 2 amide bonds. The van der Waals surface area contributed by atoms with Gasteiger partial charge in [-0.3, -0.25) is 14.5 Å². The second-order valence-electron chi connectivity index (χ2n) is 6.92. The van der Waals surface area contributed by atoms with Crippen molar-refractivity contribution < 1.29 is 18.4 Å². The van der Waals surface area contributed by atoms with E-state index in [0.717, 1.165) is 0 Å². The van der Waals surface area contributed by atoms with E-state index in [1.807, 2.05) is 4.90 Å².